The molecule has 1 aliphatic carbocycles. The van der Waals surface area contributed by atoms with Crippen molar-refractivity contribution >= 4 is 11.9 Å². The van der Waals surface area contributed by atoms with Crippen LogP contribution in [-0.4, -0.2) is 84.6 Å². The monoisotopic (exact) mass is 323 g/mol. The highest BCUT2D eigenvalue weighted by atomic mass is 16.8. The first-order valence-electron chi connectivity index (χ1n) is 6.42. The third kappa shape index (κ3) is 2.27. The lowest BCUT2D eigenvalue weighted by Gasteiger charge is -2.51. The second kappa shape index (κ2) is 5.38. The van der Waals surface area contributed by atoms with Gasteiger partial charge in [0.15, 0.2) is 12.2 Å². The Kier molecular flexibility index (Phi) is 4.16. The summed E-state index contributed by atoms with van der Waals surface area (Å²) in [6, 6.07) is -1.38. The fourth-order valence-corrected chi connectivity index (χ4v) is 2.37. The van der Waals surface area contributed by atoms with Crippen molar-refractivity contribution in [2.45, 2.75) is 54.9 Å². The maximum atomic E-state index is 11.7. The minimum absolute atomic E-state index is 0.249. The molecule has 2 aliphatic rings. The molecule has 0 aromatic rings. The van der Waals surface area contributed by atoms with Gasteiger partial charge in [-0.15, -0.1) is 0 Å². The lowest BCUT2D eigenvalue weighted by atomic mass is 9.79. The van der Waals surface area contributed by atoms with Crippen LogP contribution >= 0.6 is 0 Å². The third-order valence-corrected chi connectivity index (χ3v) is 3.80. The minimum Gasteiger partial charge on any atom is -0.423 e. The molecule has 0 aromatic heterocycles. The van der Waals surface area contributed by atoms with E-state index >= 15 is 0 Å². The van der Waals surface area contributed by atoms with Gasteiger partial charge in [0.2, 0.25) is 0 Å². The van der Waals surface area contributed by atoms with Gasteiger partial charge in [0, 0.05) is 6.42 Å². The zero-order valence-corrected chi connectivity index (χ0v) is 11.2. The number of fused-ring (bicyclic) bond motifs is 1. The van der Waals surface area contributed by atoms with E-state index in [0.29, 0.717) is 0 Å². The molecule has 1 aliphatic heterocycles. The normalized spacial score (nSPS) is 50.0. The summed E-state index contributed by atoms with van der Waals surface area (Å²) in [6.45, 7) is 0. The van der Waals surface area contributed by atoms with E-state index in [2.05, 4.69) is 9.47 Å². The highest BCUT2D eigenvalue weighted by Gasteiger charge is 2.73. The molecule has 7 unspecified atom stereocenters. The van der Waals surface area contributed by atoms with Gasteiger partial charge < -0.3 is 45.8 Å². The molecule has 1 heterocycles. The lowest BCUT2D eigenvalue weighted by molar-refractivity contribution is -0.442. The number of ether oxygens (including phenoxy) is 2. The molecule has 11 nitrogen and oxygen atoms in total. The molecule has 0 aromatic carbocycles. The van der Waals surface area contributed by atoms with Gasteiger partial charge in [-0.05, 0) is 6.42 Å². The molecular formula is C11H17NO10. The largest absolute Gasteiger partial charge is 0.423 e. The van der Waals surface area contributed by atoms with Crippen LogP contribution in [0.25, 0.3) is 0 Å². The van der Waals surface area contributed by atoms with Crippen molar-refractivity contribution in [3.63, 3.8) is 0 Å². The lowest BCUT2D eigenvalue weighted by Crippen LogP contribution is -2.80. The summed E-state index contributed by atoms with van der Waals surface area (Å²) in [4.78, 5) is 23.4. The minimum atomic E-state index is -3.43. The molecular weight excluding hydrogens is 306 g/mol. The fourth-order valence-electron chi connectivity index (χ4n) is 2.37. The predicted octanol–water partition coefficient (Wildman–Crippen LogP) is -4.97. The van der Waals surface area contributed by atoms with E-state index in [9.17, 15) is 40.2 Å². The summed E-state index contributed by atoms with van der Waals surface area (Å²) in [5.41, 5.74) is 5.41. The first-order valence-corrected chi connectivity index (χ1v) is 6.42. The topological polar surface area (TPSA) is 200 Å². The first kappa shape index (κ1) is 17.0. The summed E-state index contributed by atoms with van der Waals surface area (Å²) in [5, 5.41) is 59.4. The van der Waals surface area contributed by atoms with Gasteiger partial charge in [0.1, 0.15) is 18.2 Å². The maximum Gasteiger partial charge on any atom is 0.325 e. The van der Waals surface area contributed by atoms with Crippen LogP contribution in [0.15, 0.2) is 0 Å². The van der Waals surface area contributed by atoms with Gasteiger partial charge in [-0.3, -0.25) is 9.59 Å². The zero-order chi connectivity index (χ0) is 16.9. The predicted molar refractivity (Wildman–Crippen MR) is 63.3 cm³/mol. The van der Waals surface area contributed by atoms with E-state index < -0.39 is 60.4 Å². The standard InChI is InChI=1S/C11H17NO10/c12-3-1-2-4(13)21-10(19)7(16)5(14)6(15)8(17)11(10,20)22-9(3)18/h3,5-8,14-17,19-20H,1-2,12H2. The quantitative estimate of drug-likeness (QED) is 0.210. The molecule has 0 spiro atoms. The Morgan fingerprint density at radius 1 is 0.955 bits per heavy atom. The summed E-state index contributed by atoms with van der Waals surface area (Å²) in [7, 11) is 0. The SMILES string of the molecule is NC1CCC(=O)OC2(O)C(O)C(O)C(O)C(O)C2(O)OC1=O. The van der Waals surface area contributed by atoms with Gasteiger partial charge in [-0.1, -0.05) is 0 Å². The van der Waals surface area contributed by atoms with Crippen molar-refractivity contribution in [3.8, 4) is 0 Å². The fraction of sp³-hybridized carbons (Fsp3) is 0.818. The van der Waals surface area contributed by atoms with E-state index in [1.54, 1.807) is 0 Å². The Morgan fingerprint density at radius 2 is 1.41 bits per heavy atom. The molecule has 22 heavy (non-hydrogen) atoms. The Balaban J connectivity index is 2.55. The van der Waals surface area contributed by atoms with E-state index in [4.69, 9.17) is 5.73 Å². The second-order valence-corrected chi connectivity index (χ2v) is 5.30. The Morgan fingerprint density at radius 3 is 1.91 bits per heavy atom. The van der Waals surface area contributed by atoms with Crippen molar-refractivity contribution in [2.75, 3.05) is 0 Å². The number of carbonyl (C=O) groups excluding carboxylic acids is 2. The summed E-state index contributed by atoms with van der Waals surface area (Å²) in [6.07, 6.45) is -10.1. The smallest absolute Gasteiger partial charge is 0.325 e. The number of nitrogens with two attached hydrogens (primary N) is 1. The Hall–Kier alpha value is -1.34. The van der Waals surface area contributed by atoms with Gasteiger partial charge in [-0.25, -0.2) is 0 Å². The van der Waals surface area contributed by atoms with Crippen LogP contribution in [0.1, 0.15) is 12.8 Å². The number of aliphatic hydroxyl groups is 6. The van der Waals surface area contributed by atoms with E-state index in [0.717, 1.165) is 0 Å². The third-order valence-electron chi connectivity index (χ3n) is 3.80. The van der Waals surface area contributed by atoms with Crippen LogP contribution in [0.3, 0.4) is 0 Å². The van der Waals surface area contributed by atoms with Gasteiger partial charge in [0.05, 0.1) is 0 Å². The van der Waals surface area contributed by atoms with Gasteiger partial charge >= 0.3 is 23.5 Å². The van der Waals surface area contributed by atoms with Crippen molar-refractivity contribution in [3.05, 3.63) is 0 Å². The molecule has 1 saturated heterocycles. The van der Waals surface area contributed by atoms with Crippen LogP contribution in [0.5, 0.6) is 0 Å². The number of carbonyl (C=O) groups is 2. The van der Waals surface area contributed by atoms with E-state index in [-0.39, 0.29) is 6.42 Å². The first-order chi connectivity index (χ1) is 10.0. The summed E-state index contributed by atoms with van der Waals surface area (Å²) in [5.74, 6) is -9.32. The number of rotatable bonds is 0. The molecule has 0 radical (unpaired) electrons. The van der Waals surface area contributed by atoms with Gasteiger partial charge in [0.25, 0.3) is 0 Å². The van der Waals surface area contributed by atoms with Crippen molar-refractivity contribution < 1.29 is 49.7 Å². The highest BCUT2D eigenvalue weighted by molar-refractivity contribution is 5.78. The van der Waals surface area contributed by atoms with Crippen LogP contribution in [-0.2, 0) is 19.1 Å². The second-order valence-electron chi connectivity index (χ2n) is 5.30. The summed E-state index contributed by atoms with van der Waals surface area (Å²) >= 11 is 0. The Labute approximate surface area is 123 Å². The molecule has 0 amide bonds. The van der Waals surface area contributed by atoms with Crippen molar-refractivity contribution in [2.24, 2.45) is 5.73 Å². The zero-order valence-electron chi connectivity index (χ0n) is 11.2. The maximum absolute atomic E-state index is 11.7. The van der Waals surface area contributed by atoms with Crippen LogP contribution in [0.4, 0.5) is 0 Å². The number of hydrogen-bond acceptors (Lipinski definition) is 11. The highest BCUT2D eigenvalue weighted by Crippen LogP contribution is 2.41. The number of hydrogen-bond donors (Lipinski definition) is 7. The van der Waals surface area contributed by atoms with Crippen molar-refractivity contribution in [1.29, 1.82) is 0 Å². The van der Waals surface area contributed by atoms with Crippen LogP contribution < -0.4 is 5.73 Å². The number of esters is 2. The van der Waals surface area contributed by atoms with Crippen molar-refractivity contribution in [1.82, 2.24) is 0 Å². The molecule has 2 rings (SSSR count). The van der Waals surface area contributed by atoms with Crippen LogP contribution in [0.2, 0.25) is 0 Å². The van der Waals surface area contributed by atoms with E-state index in [1.807, 2.05) is 0 Å². The van der Waals surface area contributed by atoms with E-state index in [1.165, 1.54) is 0 Å². The molecule has 11 heteroatoms. The molecule has 2 fully saturated rings. The molecule has 126 valence electrons. The average molecular weight is 323 g/mol. The average Bonchev–Trinajstić information content (AvgIpc) is 2.49. The van der Waals surface area contributed by atoms with Gasteiger partial charge in [-0.2, -0.15) is 0 Å². The molecule has 1 saturated carbocycles. The molecule has 7 atom stereocenters. The van der Waals surface area contributed by atoms with Crippen LogP contribution in [0, 0.1) is 0 Å². The molecule has 0 bridgehead atoms. The number of aliphatic hydroxyl groups excluding tert-OH is 4. The Bertz CT molecular complexity index is 485. The molecule has 8 N–H and O–H groups in total. The summed E-state index contributed by atoms with van der Waals surface area (Å²) < 4.78 is 9.03.